The second kappa shape index (κ2) is 6.06. The quantitative estimate of drug-likeness (QED) is 0.711. The Morgan fingerprint density at radius 2 is 2.31 bits per heavy atom. The minimum absolute atomic E-state index is 0.00465. The number of nitrogens with zero attached hydrogens (tertiary/aromatic N) is 2. The van der Waals surface area contributed by atoms with Gasteiger partial charge in [0, 0.05) is 45.3 Å². The van der Waals surface area contributed by atoms with Crippen LogP contribution in [0.3, 0.4) is 0 Å². The van der Waals surface area contributed by atoms with Gasteiger partial charge in [-0.05, 0) is 20.9 Å². The summed E-state index contributed by atoms with van der Waals surface area (Å²) in [4.78, 5) is 15.7. The molecule has 0 aromatic heterocycles. The van der Waals surface area contributed by atoms with Crippen LogP contribution in [0.25, 0.3) is 0 Å². The molecule has 2 amide bonds. The molecule has 1 heterocycles. The van der Waals surface area contributed by atoms with Crippen LogP contribution in [0.4, 0.5) is 4.79 Å². The summed E-state index contributed by atoms with van der Waals surface area (Å²) in [5.74, 6) is 0. The highest BCUT2D eigenvalue weighted by Crippen LogP contribution is 1.98. The fourth-order valence-corrected chi connectivity index (χ4v) is 1.88. The SMILES string of the molecule is CC(C)NC(=O)N(C)CC1CN(C)CCN1. The Labute approximate surface area is 98.2 Å². The maximum absolute atomic E-state index is 11.7. The van der Waals surface area contributed by atoms with E-state index >= 15 is 0 Å². The Kier molecular flexibility index (Phi) is 5.02. The Balaban J connectivity index is 2.32. The van der Waals surface area contributed by atoms with Crippen molar-refractivity contribution in [2.75, 3.05) is 40.3 Å². The number of nitrogens with one attached hydrogen (secondary N) is 2. The maximum atomic E-state index is 11.7. The van der Waals surface area contributed by atoms with Gasteiger partial charge in [-0.3, -0.25) is 0 Å². The van der Waals surface area contributed by atoms with Gasteiger partial charge in [-0.25, -0.2) is 4.79 Å². The number of urea groups is 1. The van der Waals surface area contributed by atoms with Crippen molar-refractivity contribution < 1.29 is 4.79 Å². The van der Waals surface area contributed by atoms with Gasteiger partial charge >= 0.3 is 6.03 Å². The lowest BCUT2D eigenvalue weighted by Gasteiger charge is -2.33. The molecule has 1 fully saturated rings. The largest absolute Gasteiger partial charge is 0.336 e. The van der Waals surface area contributed by atoms with Gasteiger partial charge in [-0.2, -0.15) is 0 Å². The Morgan fingerprint density at radius 1 is 1.62 bits per heavy atom. The molecule has 0 aliphatic carbocycles. The molecule has 0 spiro atoms. The van der Waals surface area contributed by atoms with Crippen LogP contribution in [0, 0.1) is 0 Å². The highest BCUT2D eigenvalue weighted by Gasteiger charge is 2.20. The van der Waals surface area contributed by atoms with E-state index < -0.39 is 0 Å². The van der Waals surface area contributed by atoms with Gasteiger partial charge in [-0.1, -0.05) is 0 Å². The van der Waals surface area contributed by atoms with Crippen LogP contribution < -0.4 is 10.6 Å². The predicted octanol–water partition coefficient (Wildman–Crippen LogP) is -0.0602. The van der Waals surface area contributed by atoms with Crippen LogP contribution in [0.1, 0.15) is 13.8 Å². The van der Waals surface area contributed by atoms with Crippen molar-refractivity contribution in [1.82, 2.24) is 20.4 Å². The highest BCUT2D eigenvalue weighted by molar-refractivity contribution is 5.74. The normalized spacial score (nSPS) is 22.2. The fraction of sp³-hybridized carbons (Fsp3) is 0.909. The van der Waals surface area contributed by atoms with Crippen LogP contribution in [-0.2, 0) is 0 Å². The van der Waals surface area contributed by atoms with E-state index in [0.717, 1.165) is 26.2 Å². The zero-order valence-corrected chi connectivity index (χ0v) is 10.8. The van der Waals surface area contributed by atoms with Crippen molar-refractivity contribution in [2.45, 2.75) is 25.9 Å². The minimum atomic E-state index is 0.00465. The smallest absolute Gasteiger partial charge is 0.317 e. The molecule has 2 N–H and O–H groups in total. The summed E-state index contributed by atoms with van der Waals surface area (Å²) in [6, 6.07) is 0.573. The first-order valence-electron chi connectivity index (χ1n) is 5.92. The van der Waals surface area contributed by atoms with Gasteiger partial charge in [0.25, 0.3) is 0 Å². The summed E-state index contributed by atoms with van der Waals surface area (Å²) in [6.07, 6.45) is 0. The molecule has 1 atom stereocenters. The second-order valence-electron chi connectivity index (χ2n) is 4.90. The van der Waals surface area contributed by atoms with E-state index in [9.17, 15) is 4.79 Å². The molecular weight excluding hydrogens is 204 g/mol. The van der Waals surface area contributed by atoms with Crippen molar-refractivity contribution in [3.05, 3.63) is 0 Å². The third kappa shape index (κ3) is 4.37. The Morgan fingerprint density at radius 3 is 2.88 bits per heavy atom. The molecule has 0 aromatic carbocycles. The van der Waals surface area contributed by atoms with Crippen molar-refractivity contribution in [1.29, 1.82) is 0 Å². The van der Waals surface area contributed by atoms with Crippen LogP contribution in [-0.4, -0.2) is 68.2 Å². The number of carbonyl (C=O) groups excluding carboxylic acids is 1. The van der Waals surface area contributed by atoms with Crippen molar-refractivity contribution in [3.63, 3.8) is 0 Å². The third-order valence-electron chi connectivity index (χ3n) is 2.71. The van der Waals surface area contributed by atoms with E-state index in [1.807, 2.05) is 20.9 Å². The van der Waals surface area contributed by atoms with Gasteiger partial charge in [0.1, 0.15) is 0 Å². The van der Waals surface area contributed by atoms with E-state index in [-0.39, 0.29) is 12.1 Å². The summed E-state index contributed by atoms with van der Waals surface area (Å²) in [5.41, 5.74) is 0. The Hall–Kier alpha value is -0.810. The lowest BCUT2D eigenvalue weighted by atomic mass is 10.2. The molecule has 1 unspecified atom stereocenters. The minimum Gasteiger partial charge on any atom is -0.336 e. The molecule has 1 saturated heterocycles. The molecule has 16 heavy (non-hydrogen) atoms. The molecule has 0 saturated carbocycles. The third-order valence-corrected chi connectivity index (χ3v) is 2.71. The molecule has 1 rings (SSSR count). The van der Waals surface area contributed by atoms with E-state index in [1.165, 1.54) is 0 Å². The van der Waals surface area contributed by atoms with Gasteiger partial charge in [0.05, 0.1) is 0 Å². The van der Waals surface area contributed by atoms with Gasteiger partial charge < -0.3 is 20.4 Å². The van der Waals surface area contributed by atoms with E-state index in [2.05, 4.69) is 22.6 Å². The lowest BCUT2D eigenvalue weighted by Crippen LogP contribution is -2.55. The van der Waals surface area contributed by atoms with Crippen LogP contribution in [0.15, 0.2) is 0 Å². The summed E-state index contributed by atoms with van der Waals surface area (Å²) >= 11 is 0. The predicted molar refractivity (Wildman–Crippen MR) is 65.6 cm³/mol. The van der Waals surface area contributed by atoms with Crippen molar-refractivity contribution >= 4 is 6.03 Å². The number of hydrogen-bond acceptors (Lipinski definition) is 3. The summed E-state index contributed by atoms with van der Waals surface area (Å²) in [5, 5.41) is 6.31. The van der Waals surface area contributed by atoms with Crippen molar-refractivity contribution in [3.8, 4) is 0 Å². The summed E-state index contributed by atoms with van der Waals surface area (Å²) in [6.45, 7) is 7.78. The van der Waals surface area contributed by atoms with Crippen LogP contribution in [0.5, 0.6) is 0 Å². The van der Waals surface area contributed by atoms with Gasteiger partial charge in [0.2, 0.25) is 0 Å². The first-order chi connectivity index (χ1) is 7.49. The molecule has 5 nitrogen and oxygen atoms in total. The molecule has 0 bridgehead atoms. The molecule has 1 aliphatic heterocycles. The zero-order valence-electron chi connectivity index (χ0n) is 10.8. The first kappa shape index (κ1) is 13.3. The Bertz CT molecular complexity index is 232. The summed E-state index contributed by atoms with van der Waals surface area (Å²) in [7, 11) is 3.95. The van der Waals surface area contributed by atoms with Crippen LogP contribution in [0.2, 0.25) is 0 Å². The molecular formula is C11H24N4O. The lowest BCUT2D eigenvalue weighted by molar-refractivity contribution is 0.180. The van der Waals surface area contributed by atoms with Crippen molar-refractivity contribution in [2.24, 2.45) is 0 Å². The number of likely N-dealkylation sites (N-methyl/N-ethyl adjacent to an activating group) is 2. The number of piperazine rings is 1. The maximum Gasteiger partial charge on any atom is 0.317 e. The van der Waals surface area contributed by atoms with Gasteiger partial charge in [-0.15, -0.1) is 0 Å². The number of carbonyl (C=O) groups is 1. The monoisotopic (exact) mass is 228 g/mol. The number of amides is 2. The summed E-state index contributed by atoms with van der Waals surface area (Å²) < 4.78 is 0. The molecule has 94 valence electrons. The molecule has 0 aromatic rings. The molecule has 5 heteroatoms. The molecule has 0 radical (unpaired) electrons. The second-order valence-corrected chi connectivity index (χ2v) is 4.90. The van der Waals surface area contributed by atoms with E-state index in [4.69, 9.17) is 0 Å². The average Bonchev–Trinajstić information content (AvgIpc) is 2.16. The highest BCUT2D eigenvalue weighted by atomic mass is 16.2. The number of hydrogen-bond donors (Lipinski definition) is 2. The zero-order chi connectivity index (χ0) is 12.1. The van der Waals surface area contributed by atoms with E-state index in [0.29, 0.717) is 6.04 Å². The van der Waals surface area contributed by atoms with Gasteiger partial charge in [0.15, 0.2) is 0 Å². The molecule has 1 aliphatic rings. The van der Waals surface area contributed by atoms with Crippen LogP contribution >= 0.6 is 0 Å². The fourth-order valence-electron chi connectivity index (χ4n) is 1.88. The first-order valence-corrected chi connectivity index (χ1v) is 5.92. The topological polar surface area (TPSA) is 47.6 Å². The standard InChI is InChI=1S/C11H24N4O/c1-9(2)13-11(16)15(4)8-10-7-14(3)6-5-12-10/h9-10,12H,5-8H2,1-4H3,(H,13,16). The average molecular weight is 228 g/mol. The number of rotatable bonds is 3. The van der Waals surface area contributed by atoms with E-state index in [1.54, 1.807) is 4.90 Å².